The largest absolute Gasteiger partial charge is 0.408 e. The van der Waals surface area contributed by atoms with Crippen LogP contribution in [0.2, 0.25) is 5.15 Å². The molecule has 18 heavy (non-hydrogen) atoms. The molecule has 3 nitrogen and oxygen atoms in total. The van der Waals surface area contributed by atoms with Crippen LogP contribution < -0.4 is 0 Å². The third-order valence-electron chi connectivity index (χ3n) is 2.79. The summed E-state index contributed by atoms with van der Waals surface area (Å²) in [5, 5.41) is 0.153. The van der Waals surface area contributed by atoms with E-state index in [-0.39, 0.29) is 5.15 Å². The van der Waals surface area contributed by atoms with Gasteiger partial charge < -0.3 is 4.57 Å². The van der Waals surface area contributed by atoms with Gasteiger partial charge in [0, 0.05) is 12.5 Å². The maximum absolute atomic E-state index is 12.9. The molecule has 98 valence electrons. The number of halogens is 4. The molecule has 2 rings (SSSR count). The van der Waals surface area contributed by atoms with E-state index in [4.69, 9.17) is 11.6 Å². The Morgan fingerprint density at radius 1 is 1.44 bits per heavy atom. The highest BCUT2D eigenvalue weighted by Crippen LogP contribution is 2.34. The summed E-state index contributed by atoms with van der Waals surface area (Å²) in [5.74, 6) is 0.374. The van der Waals surface area contributed by atoms with Crippen molar-refractivity contribution in [3.8, 4) is 0 Å². The molecule has 0 N–H and O–H groups in total. The predicted octanol–water partition coefficient (Wildman–Crippen LogP) is 3.77. The van der Waals surface area contributed by atoms with Crippen molar-refractivity contribution in [1.29, 1.82) is 0 Å². The fraction of sp³-hybridized carbons (Fsp3) is 0.455. The quantitative estimate of drug-likeness (QED) is 0.782. The van der Waals surface area contributed by atoms with Gasteiger partial charge in [0.25, 0.3) is 0 Å². The Morgan fingerprint density at radius 3 is 2.67 bits per heavy atom. The maximum atomic E-state index is 12.9. The van der Waals surface area contributed by atoms with Crippen LogP contribution in [0.4, 0.5) is 13.2 Å². The van der Waals surface area contributed by atoms with Crippen molar-refractivity contribution in [1.82, 2.24) is 14.5 Å². The van der Waals surface area contributed by atoms with Gasteiger partial charge in [-0.05, 0) is 6.92 Å². The summed E-state index contributed by atoms with van der Waals surface area (Å²) >= 11 is 5.73. The lowest BCUT2D eigenvalue weighted by molar-refractivity contribution is -0.162. The molecule has 0 fully saturated rings. The maximum Gasteiger partial charge on any atom is 0.408 e. The molecule has 0 aliphatic rings. The molecular formula is C11H11ClF3N3. The molecule has 0 aliphatic heterocycles. The first-order valence-corrected chi connectivity index (χ1v) is 5.81. The van der Waals surface area contributed by atoms with E-state index in [0.29, 0.717) is 23.3 Å². The van der Waals surface area contributed by atoms with Crippen LogP contribution in [0.5, 0.6) is 0 Å². The zero-order chi connectivity index (χ0) is 13.5. The number of imidazole rings is 1. The molecule has 0 saturated carbocycles. The second kappa shape index (κ2) is 4.42. The van der Waals surface area contributed by atoms with E-state index in [9.17, 15) is 13.2 Å². The molecule has 2 aromatic rings. The van der Waals surface area contributed by atoms with Crippen LogP contribution in [0.15, 0.2) is 12.3 Å². The molecule has 0 aliphatic carbocycles. The van der Waals surface area contributed by atoms with Gasteiger partial charge in [0.15, 0.2) is 0 Å². The molecule has 1 atom stereocenters. The van der Waals surface area contributed by atoms with Gasteiger partial charge in [-0.1, -0.05) is 18.5 Å². The molecule has 7 heteroatoms. The number of hydrogen-bond acceptors (Lipinski definition) is 2. The number of hydrogen-bond donors (Lipinski definition) is 0. The number of alkyl halides is 3. The molecule has 2 aromatic heterocycles. The zero-order valence-electron chi connectivity index (χ0n) is 9.79. The van der Waals surface area contributed by atoms with E-state index < -0.39 is 12.2 Å². The lowest BCUT2D eigenvalue weighted by Gasteiger charge is -2.20. The minimum Gasteiger partial charge on any atom is -0.316 e. The number of pyridine rings is 1. The molecule has 0 bridgehead atoms. The van der Waals surface area contributed by atoms with Gasteiger partial charge in [-0.15, -0.1) is 0 Å². The van der Waals surface area contributed by atoms with Crippen LogP contribution in [0.25, 0.3) is 11.0 Å². The van der Waals surface area contributed by atoms with Gasteiger partial charge in [0.05, 0.1) is 11.7 Å². The molecule has 0 saturated heterocycles. The number of fused-ring (bicyclic) bond motifs is 1. The third-order valence-corrected chi connectivity index (χ3v) is 3.00. The van der Waals surface area contributed by atoms with E-state index in [1.165, 1.54) is 16.8 Å². The highest BCUT2D eigenvalue weighted by molar-refractivity contribution is 6.29. The molecule has 0 amide bonds. The van der Waals surface area contributed by atoms with Crippen molar-refractivity contribution in [3.05, 3.63) is 23.2 Å². The summed E-state index contributed by atoms with van der Waals surface area (Å²) in [6.45, 7) is 2.87. The first-order chi connectivity index (χ1) is 8.34. The van der Waals surface area contributed by atoms with Crippen LogP contribution in [0.3, 0.4) is 0 Å². The van der Waals surface area contributed by atoms with Crippen LogP contribution in [0, 0.1) is 0 Å². The van der Waals surface area contributed by atoms with E-state index in [0.717, 1.165) is 6.92 Å². The Bertz CT molecular complexity index is 577. The summed E-state index contributed by atoms with van der Waals surface area (Å²) in [6, 6.07) is -0.235. The number of aryl methyl sites for hydroxylation is 1. The fourth-order valence-electron chi connectivity index (χ4n) is 1.85. The molecular weight excluding hydrogens is 267 g/mol. The third kappa shape index (κ3) is 2.16. The Morgan fingerprint density at radius 2 is 2.11 bits per heavy atom. The van der Waals surface area contributed by atoms with Crippen molar-refractivity contribution >= 4 is 22.6 Å². The van der Waals surface area contributed by atoms with E-state index in [1.807, 2.05) is 0 Å². The summed E-state index contributed by atoms with van der Waals surface area (Å²) in [6.07, 6.45) is -2.53. The van der Waals surface area contributed by atoms with Gasteiger partial charge >= 0.3 is 6.18 Å². The normalized spacial score (nSPS) is 14.1. The van der Waals surface area contributed by atoms with Crippen molar-refractivity contribution in [3.63, 3.8) is 0 Å². The second-order valence-corrected chi connectivity index (χ2v) is 4.35. The Kier molecular flexibility index (Phi) is 3.23. The van der Waals surface area contributed by atoms with Gasteiger partial charge in [-0.2, -0.15) is 13.2 Å². The highest BCUT2D eigenvalue weighted by Gasteiger charge is 2.39. The molecule has 2 heterocycles. The molecule has 0 aromatic carbocycles. The predicted molar refractivity (Wildman–Crippen MR) is 62.7 cm³/mol. The van der Waals surface area contributed by atoms with E-state index in [2.05, 4.69) is 9.97 Å². The standard InChI is InChI=1S/C11H11ClF3N3/c1-3-10-17-7-5-16-9(12)4-8(7)18(10)6(2)11(13,14)15/h4-6H,3H2,1-2H3. The Balaban J connectivity index is 2.70. The van der Waals surface area contributed by atoms with Crippen molar-refractivity contribution in [2.24, 2.45) is 0 Å². The van der Waals surface area contributed by atoms with E-state index >= 15 is 0 Å². The van der Waals surface area contributed by atoms with Crippen molar-refractivity contribution in [2.45, 2.75) is 32.5 Å². The van der Waals surface area contributed by atoms with Crippen LogP contribution in [0.1, 0.15) is 25.7 Å². The van der Waals surface area contributed by atoms with E-state index in [1.54, 1.807) is 6.92 Å². The minimum absolute atomic E-state index is 0.153. The van der Waals surface area contributed by atoms with Gasteiger partial charge in [0.2, 0.25) is 0 Å². The monoisotopic (exact) mass is 277 g/mol. The average molecular weight is 278 g/mol. The molecule has 0 radical (unpaired) electrons. The minimum atomic E-state index is -4.33. The first kappa shape index (κ1) is 13.1. The topological polar surface area (TPSA) is 30.7 Å². The summed E-state index contributed by atoms with van der Waals surface area (Å²) in [7, 11) is 0. The zero-order valence-corrected chi connectivity index (χ0v) is 10.5. The number of aromatic nitrogens is 3. The average Bonchev–Trinajstić information content (AvgIpc) is 2.64. The van der Waals surface area contributed by atoms with Crippen LogP contribution >= 0.6 is 11.6 Å². The number of rotatable bonds is 2. The lowest BCUT2D eigenvalue weighted by Crippen LogP contribution is -2.25. The summed E-state index contributed by atoms with van der Waals surface area (Å²) < 4.78 is 39.7. The highest BCUT2D eigenvalue weighted by atomic mass is 35.5. The smallest absolute Gasteiger partial charge is 0.316 e. The Hall–Kier alpha value is -1.30. The molecule has 1 unspecified atom stereocenters. The van der Waals surface area contributed by atoms with Crippen molar-refractivity contribution in [2.75, 3.05) is 0 Å². The Labute approximate surface area is 107 Å². The summed E-state index contributed by atoms with van der Waals surface area (Å²) in [4.78, 5) is 7.97. The van der Waals surface area contributed by atoms with Crippen LogP contribution in [-0.4, -0.2) is 20.7 Å². The van der Waals surface area contributed by atoms with Crippen molar-refractivity contribution < 1.29 is 13.2 Å². The summed E-state index contributed by atoms with van der Waals surface area (Å²) in [5.41, 5.74) is 0.782. The van der Waals surface area contributed by atoms with Crippen LogP contribution in [-0.2, 0) is 6.42 Å². The fourth-order valence-corrected chi connectivity index (χ4v) is 2.00. The van der Waals surface area contributed by atoms with Gasteiger partial charge in [-0.3, -0.25) is 0 Å². The van der Waals surface area contributed by atoms with Gasteiger partial charge in [-0.25, -0.2) is 9.97 Å². The second-order valence-electron chi connectivity index (χ2n) is 3.96. The number of nitrogens with zero attached hydrogens (tertiary/aromatic N) is 3. The molecule has 0 spiro atoms. The van der Waals surface area contributed by atoms with Gasteiger partial charge in [0.1, 0.15) is 22.5 Å². The SMILES string of the molecule is CCc1nc2cnc(Cl)cc2n1C(C)C(F)(F)F. The lowest BCUT2D eigenvalue weighted by atomic mass is 10.3. The first-order valence-electron chi connectivity index (χ1n) is 5.43.